The first-order valence-corrected chi connectivity index (χ1v) is 21.3. The van der Waals surface area contributed by atoms with Crippen molar-refractivity contribution < 1.29 is 205 Å². The van der Waals surface area contributed by atoms with Gasteiger partial charge in [0.25, 0.3) is 6.47 Å². The van der Waals surface area contributed by atoms with Gasteiger partial charge in [-0.15, -0.1) is 0 Å². The Morgan fingerprint density at radius 2 is 0.614 bits per heavy atom. The molecule has 0 bridgehead atoms. The Kier molecular flexibility index (Phi) is 120. The monoisotopic (exact) mass is 1240 g/mol. The van der Waals surface area contributed by atoms with Gasteiger partial charge in [0.05, 0.1) is 65.0 Å². The van der Waals surface area contributed by atoms with E-state index in [2.05, 4.69) is 5.32 Å². The van der Waals surface area contributed by atoms with Crippen molar-refractivity contribution >= 4 is 89.7 Å². The van der Waals surface area contributed by atoms with Crippen molar-refractivity contribution in [2.45, 2.75) is 103 Å². The molecule has 0 radical (unpaired) electrons. The van der Waals surface area contributed by atoms with Crippen LogP contribution >= 0.6 is 0 Å². The van der Waals surface area contributed by atoms with Gasteiger partial charge in [-0.25, -0.2) is 9.59 Å². The van der Waals surface area contributed by atoms with Crippen molar-refractivity contribution in [1.29, 1.82) is 0 Å². The number of aliphatic hydroxyl groups excluding tert-OH is 13. The molecule has 496 valence electrons. The van der Waals surface area contributed by atoms with E-state index in [-0.39, 0.29) is 71.4 Å². The number of ketones is 2. The number of aliphatic hydroxyl groups is 13. The third-order valence-electron chi connectivity index (χ3n) is 5.16. The predicted octanol–water partition coefficient (Wildman–Crippen LogP) is -8.92. The highest BCUT2D eigenvalue weighted by atomic mass is 16.4. The van der Waals surface area contributed by atoms with Gasteiger partial charge in [0.1, 0.15) is 43.6 Å². The van der Waals surface area contributed by atoms with Crippen LogP contribution in [0.25, 0.3) is 0 Å². The highest BCUT2D eigenvalue weighted by molar-refractivity contribution is 6.31. The molecule has 0 aromatic heterocycles. The number of carbonyl (C=O) groups excluding carboxylic acids is 2. The van der Waals surface area contributed by atoms with Crippen LogP contribution in [0.5, 0.6) is 0 Å². The van der Waals surface area contributed by atoms with E-state index >= 15 is 0 Å². The zero-order chi connectivity index (χ0) is 70.0. The van der Waals surface area contributed by atoms with Crippen LogP contribution in [0.3, 0.4) is 0 Å². The summed E-state index contributed by atoms with van der Waals surface area (Å²) < 4.78 is 0. The molecule has 1 aliphatic heterocycles. The lowest BCUT2D eigenvalue weighted by Crippen LogP contribution is -2.29. The fraction of sp³-hybridized carbons (Fsp3) is 0.634. The number of nitrogens with one attached hydrogen (secondary N) is 1. The summed E-state index contributed by atoms with van der Waals surface area (Å²) in [6.07, 6.45) is -4.98. The Morgan fingerprint density at radius 1 is 0.422 bits per heavy atom. The Bertz CT molecular complexity index is 1450. The van der Waals surface area contributed by atoms with E-state index in [9.17, 15) is 67.1 Å². The van der Waals surface area contributed by atoms with Gasteiger partial charge in [0.2, 0.25) is 11.6 Å². The number of carboxylic acids is 12. The van der Waals surface area contributed by atoms with E-state index in [1.54, 1.807) is 0 Å². The zero-order valence-electron chi connectivity index (χ0n) is 45.3. The molecule has 2 atom stereocenters. The van der Waals surface area contributed by atoms with Crippen LogP contribution in [0.4, 0.5) is 0 Å². The topological polar surface area (TPSA) is 794 Å². The van der Waals surface area contributed by atoms with Crippen LogP contribution in [-0.2, 0) is 71.9 Å². The number of carbonyl (C=O) groups is 15. The van der Waals surface area contributed by atoms with Gasteiger partial charge in [-0.3, -0.25) is 62.3 Å². The number of hydrogen-bond donors (Lipinski definition) is 27. The van der Waals surface area contributed by atoms with Crippen LogP contribution in [0.1, 0.15) is 72.1 Å². The van der Waals surface area contributed by atoms with Crippen LogP contribution in [0, 0.1) is 0 Å². The van der Waals surface area contributed by atoms with Crippen molar-refractivity contribution in [2.75, 3.05) is 67.5 Å². The Labute approximate surface area is 469 Å². The van der Waals surface area contributed by atoms with Crippen LogP contribution < -0.4 is 5.32 Å². The molecule has 2 unspecified atom stereocenters. The molecule has 0 amide bonds. The van der Waals surface area contributed by atoms with Gasteiger partial charge in [-0.2, -0.15) is 0 Å². The normalized spacial score (nSPS) is 10.3. The minimum Gasteiger partial charge on any atom is -0.483 e. The SMILES string of the molecule is CC(=O)C(=O)O.CC(=O)C(=O)O.CC(O)CC(=O)O.CO.CO.CO.O=C(O)C1CCCN1.O=C(O)CC(=O)O.O=C(O)CC(=O)O.O=C(O)CC(=O)O.O=C(O)CCC(=O)O.O=CO.OCC(O)CO.OCC(O)CO.OCC(O)CO. The second-order valence-corrected chi connectivity index (χ2v) is 12.5. The summed E-state index contributed by atoms with van der Waals surface area (Å²) in [5.74, 6) is -16.1. The lowest BCUT2D eigenvalue weighted by Gasteiger charge is -1.99. The fourth-order valence-corrected chi connectivity index (χ4v) is 1.92. The minimum atomic E-state index is -1.38. The molecular weight excluding hydrogens is 1160 g/mol. The first-order valence-electron chi connectivity index (χ1n) is 21.3. The van der Waals surface area contributed by atoms with E-state index in [1.165, 1.54) is 6.92 Å². The molecular formula is C41H81NO41. The largest absolute Gasteiger partial charge is 0.483 e. The molecule has 42 heteroatoms. The molecule has 0 saturated carbocycles. The molecule has 1 heterocycles. The van der Waals surface area contributed by atoms with Gasteiger partial charge in [-0.05, 0) is 26.3 Å². The summed E-state index contributed by atoms with van der Waals surface area (Å²) >= 11 is 0. The number of rotatable bonds is 20. The molecule has 42 nitrogen and oxygen atoms in total. The van der Waals surface area contributed by atoms with Crippen molar-refractivity contribution in [3.63, 3.8) is 0 Å². The summed E-state index contributed by atoms with van der Waals surface area (Å²) in [6, 6.07) is -0.269. The molecule has 1 fully saturated rings. The van der Waals surface area contributed by atoms with Crippen molar-refractivity contribution in [1.82, 2.24) is 5.32 Å². The number of carboxylic acid groups (broad SMARTS) is 13. The van der Waals surface area contributed by atoms with E-state index in [0.29, 0.717) is 0 Å². The summed E-state index contributed by atoms with van der Waals surface area (Å²) in [7, 11) is 3.00. The molecule has 0 aliphatic carbocycles. The number of aliphatic carboxylic acids is 12. The second-order valence-electron chi connectivity index (χ2n) is 12.5. The highest BCUT2D eigenvalue weighted by Gasteiger charge is 2.20. The lowest BCUT2D eigenvalue weighted by atomic mass is 10.2. The average molecular weight is 1240 g/mol. The maximum absolute atomic E-state index is 10.1. The van der Waals surface area contributed by atoms with Crippen LogP contribution in [0.15, 0.2) is 0 Å². The first kappa shape index (κ1) is 110. The summed E-state index contributed by atoms with van der Waals surface area (Å²) in [5, 5.41) is 205. The van der Waals surface area contributed by atoms with E-state index < -0.39 is 127 Å². The predicted molar refractivity (Wildman–Crippen MR) is 267 cm³/mol. The molecule has 1 rings (SSSR count). The maximum atomic E-state index is 10.1. The van der Waals surface area contributed by atoms with Gasteiger partial charge < -0.3 is 138 Å². The number of Topliss-reactive ketones (excluding diaryl/α,β-unsaturated/α-hetero) is 2. The fourth-order valence-electron chi connectivity index (χ4n) is 1.92. The quantitative estimate of drug-likeness (QED) is 0.0306. The van der Waals surface area contributed by atoms with Gasteiger partial charge in [0.15, 0.2) is 0 Å². The third kappa shape index (κ3) is 198. The van der Waals surface area contributed by atoms with E-state index in [1.807, 2.05) is 0 Å². The Hall–Kier alpha value is -8.11. The standard InChI is InChI=1S/C5H9NO2.C4H6O4.C4H8O3.3C3H4O4.3C3H8O3.2C3H4O3.CH2O2.3CH4O/c7-5(8)4-2-1-3-6-4;5-3(6)1-2-4(7)8;1-3(5)2-4(6)7;3*4-2(5)1-3(6)7;3*4-1-3(6)2-5;2*1-2(4)3(5)6;2-1-3;3*1-2/h4,6H,1-3H2,(H,7,8);1-2H2,(H,5,6)(H,7,8);3,5H,2H2,1H3,(H,6,7);3*1H2,(H,4,5)(H,6,7);3*3-6H,1-2H2;2*1H3,(H,5,6);1H,(H,2,3);3*2H,1H3. The average Bonchev–Trinajstić information content (AvgIpc) is 3.93. The van der Waals surface area contributed by atoms with Crippen LogP contribution in [-0.4, -0.2) is 320 Å². The summed E-state index contributed by atoms with van der Waals surface area (Å²) in [6.45, 7) is 1.86. The van der Waals surface area contributed by atoms with Crippen molar-refractivity contribution in [2.24, 2.45) is 0 Å². The summed E-state index contributed by atoms with van der Waals surface area (Å²) in [4.78, 5) is 142. The molecule has 1 aliphatic rings. The Balaban J connectivity index is -0.0000000519. The van der Waals surface area contributed by atoms with Crippen molar-refractivity contribution in [3.8, 4) is 0 Å². The highest BCUT2D eigenvalue weighted by Crippen LogP contribution is 2.03. The Morgan fingerprint density at radius 3 is 0.651 bits per heavy atom. The molecule has 0 aromatic rings. The van der Waals surface area contributed by atoms with E-state index in [4.69, 9.17) is 138 Å². The van der Waals surface area contributed by atoms with Gasteiger partial charge >= 0.3 is 71.6 Å². The molecule has 83 heavy (non-hydrogen) atoms. The molecule has 0 spiro atoms. The lowest BCUT2D eigenvalue weighted by molar-refractivity contribution is -0.149. The molecule has 27 N–H and O–H groups in total. The molecule has 0 aromatic carbocycles. The van der Waals surface area contributed by atoms with E-state index in [0.717, 1.165) is 54.6 Å². The molecule has 1 saturated heterocycles. The second kappa shape index (κ2) is 90.4. The number of hydrogen-bond acceptors (Lipinski definition) is 29. The van der Waals surface area contributed by atoms with Crippen LogP contribution in [0.2, 0.25) is 0 Å². The third-order valence-corrected chi connectivity index (χ3v) is 5.16. The minimum absolute atomic E-state index is 0.167. The summed E-state index contributed by atoms with van der Waals surface area (Å²) in [5.41, 5.74) is 0. The first-order chi connectivity index (χ1) is 38.1. The van der Waals surface area contributed by atoms with Gasteiger partial charge in [-0.1, -0.05) is 0 Å². The maximum Gasteiger partial charge on any atom is 0.371 e. The van der Waals surface area contributed by atoms with Gasteiger partial charge in [0, 0.05) is 35.2 Å². The zero-order valence-corrected chi connectivity index (χ0v) is 45.3. The smallest absolute Gasteiger partial charge is 0.371 e. The van der Waals surface area contributed by atoms with Crippen molar-refractivity contribution in [3.05, 3.63) is 0 Å².